The molecule has 0 amide bonds. The lowest BCUT2D eigenvalue weighted by atomic mass is 9.82. The second kappa shape index (κ2) is 3.81. The molecule has 1 aromatic rings. The summed E-state index contributed by atoms with van der Waals surface area (Å²) in [6.07, 6.45) is 3.48. The Bertz CT molecular complexity index is 440. The van der Waals surface area contributed by atoms with Crippen molar-refractivity contribution >= 4 is 5.84 Å². The molecule has 0 spiro atoms. The summed E-state index contributed by atoms with van der Waals surface area (Å²) in [5, 5.41) is 12.9. The van der Waals surface area contributed by atoms with Crippen LogP contribution >= 0.6 is 0 Å². The van der Waals surface area contributed by atoms with Crippen LogP contribution in [0.2, 0.25) is 0 Å². The first kappa shape index (κ1) is 9.70. The summed E-state index contributed by atoms with van der Waals surface area (Å²) >= 11 is 0. The molecule has 16 heavy (non-hydrogen) atoms. The van der Waals surface area contributed by atoms with Gasteiger partial charge in [-0.05, 0) is 42.5 Å². The molecule has 0 radical (unpaired) electrons. The van der Waals surface area contributed by atoms with Crippen molar-refractivity contribution in [3.05, 3.63) is 29.3 Å². The summed E-state index contributed by atoms with van der Waals surface area (Å²) in [7, 11) is 0. The highest BCUT2D eigenvalue weighted by Gasteiger charge is 2.26. The summed E-state index contributed by atoms with van der Waals surface area (Å²) in [6.45, 7) is 1.85. The predicted octanol–water partition coefficient (Wildman–Crippen LogP) is 1.81. The van der Waals surface area contributed by atoms with E-state index in [0.29, 0.717) is 11.7 Å². The number of aliphatic imine (C=N–C) groups is 1. The van der Waals surface area contributed by atoms with Gasteiger partial charge in [-0.1, -0.05) is 6.07 Å². The minimum Gasteiger partial charge on any atom is -0.508 e. The fourth-order valence-corrected chi connectivity index (χ4v) is 2.72. The van der Waals surface area contributed by atoms with Crippen LogP contribution < -0.4 is 5.32 Å². The molecule has 84 valence electrons. The Morgan fingerprint density at radius 3 is 3.12 bits per heavy atom. The molecule has 1 atom stereocenters. The van der Waals surface area contributed by atoms with Crippen LogP contribution in [-0.4, -0.2) is 24.0 Å². The summed E-state index contributed by atoms with van der Waals surface area (Å²) in [5.41, 5.74) is 2.63. The van der Waals surface area contributed by atoms with Gasteiger partial charge in [-0.3, -0.25) is 4.99 Å². The number of hydrogen-bond acceptors (Lipinski definition) is 3. The van der Waals surface area contributed by atoms with E-state index in [9.17, 15) is 5.11 Å². The molecular formula is C13H16N2O. The second-order valence-electron chi connectivity index (χ2n) is 4.52. The lowest BCUT2D eigenvalue weighted by Gasteiger charge is -2.25. The number of aromatic hydroxyl groups is 1. The smallest absolute Gasteiger partial charge is 0.115 e. The average molecular weight is 216 g/mol. The minimum absolute atomic E-state index is 0.365. The van der Waals surface area contributed by atoms with Crippen LogP contribution in [0.5, 0.6) is 5.75 Å². The largest absolute Gasteiger partial charge is 0.508 e. The molecule has 0 fully saturated rings. The number of benzene rings is 1. The zero-order chi connectivity index (χ0) is 11.0. The number of nitrogens with one attached hydrogen (secondary N) is 1. The minimum atomic E-state index is 0.365. The zero-order valence-corrected chi connectivity index (χ0v) is 9.24. The molecular weight excluding hydrogens is 200 g/mol. The molecule has 0 aromatic heterocycles. The number of phenolic OH excluding ortho intramolecular Hbond substituents is 1. The highest BCUT2D eigenvalue weighted by atomic mass is 16.3. The van der Waals surface area contributed by atoms with Gasteiger partial charge in [0.25, 0.3) is 0 Å². The van der Waals surface area contributed by atoms with E-state index < -0.39 is 0 Å². The van der Waals surface area contributed by atoms with Crippen LogP contribution in [0.25, 0.3) is 0 Å². The van der Waals surface area contributed by atoms with E-state index in [0.717, 1.165) is 31.8 Å². The lowest BCUT2D eigenvalue weighted by Crippen LogP contribution is -2.28. The Morgan fingerprint density at radius 1 is 1.38 bits per heavy atom. The van der Waals surface area contributed by atoms with Crippen molar-refractivity contribution in [3.8, 4) is 5.75 Å². The molecule has 3 nitrogen and oxygen atoms in total. The molecule has 0 saturated carbocycles. The number of rotatable bonds is 1. The van der Waals surface area contributed by atoms with Gasteiger partial charge < -0.3 is 10.4 Å². The van der Waals surface area contributed by atoms with Crippen molar-refractivity contribution in [2.75, 3.05) is 13.1 Å². The van der Waals surface area contributed by atoms with Crippen molar-refractivity contribution in [1.29, 1.82) is 0 Å². The van der Waals surface area contributed by atoms with Crippen molar-refractivity contribution in [3.63, 3.8) is 0 Å². The molecule has 0 saturated heterocycles. The van der Waals surface area contributed by atoms with Gasteiger partial charge >= 0.3 is 0 Å². The van der Waals surface area contributed by atoms with E-state index in [2.05, 4.69) is 10.3 Å². The van der Waals surface area contributed by atoms with Crippen molar-refractivity contribution in [2.45, 2.75) is 25.2 Å². The summed E-state index contributed by atoms with van der Waals surface area (Å²) < 4.78 is 0. The van der Waals surface area contributed by atoms with Crippen LogP contribution in [-0.2, 0) is 6.42 Å². The third-order valence-corrected chi connectivity index (χ3v) is 3.47. The normalized spacial score (nSPS) is 23.5. The number of aryl methyl sites for hydroxylation is 1. The number of fused-ring (bicyclic) bond motifs is 1. The quantitative estimate of drug-likeness (QED) is 0.752. The maximum absolute atomic E-state index is 9.59. The third kappa shape index (κ3) is 1.56. The van der Waals surface area contributed by atoms with Crippen LogP contribution in [0.3, 0.4) is 0 Å². The maximum atomic E-state index is 9.59. The van der Waals surface area contributed by atoms with E-state index in [1.807, 2.05) is 12.1 Å². The van der Waals surface area contributed by atoms with E-state index in [4.69, 9.17) is 0 Å². The summed E-state index contributed by atoms with van der Waals surface area (Å²) in [6, 6.07) is 5.74. The van der Waals surface area contributed by atoms with Crippen LogP contribution in [0.1, 0.15) is 29.9 Å². The van der Waals surface area contributed by atoms with Gasteiger partial charge in [-0.2, -0.15) is 0 Å². The maximum Gasteiger partial charge on any atom is 0.115 e. The van der Waals surface area contributed by atoms with E-state index in [1.165, 1.54) is 17.5 Å². The van der Waals surface area contributed by atoms with E-state index in [-0.39, 0.29) is 0 Å². The first-order valence-corrected chi connectivity index (χ1v) is 5.94. The number of hydrogen-bond donors (Lipinski definition) is 2. The highest BCUT2D eigenvalue weighted by molar-refractivity contribution is 5.90. The molecule has 1 unspecified atom stereocenters. The molecule has 3 rings (SSSR count). The van der Waals surface area contributed by atoms with Crippen LogP contribution in [0.15, 0.2) is 23.2 Å². The van der Waals surface area contributed by atoms with Gasteiger partial charge in [-0.15, -0.1) is 0 Å². The molecule has 1 heterocycles. The fourth-order valence-electron chi connectivity index (χ4n) is 2.72. The Morgan fingerprint density at radius 2 is 2.31 bits per heavy atom. The molecule has 1 aliphatic heterocycles. The standard InChI is InChI=1S/C13H16N2O/c16-10-5-4-9-2-1-3-11(12(9)8-10)13-14-6-7-15-13/h4-5,8,11,16H,1-3,6-7H2,(H,14,15). The summed E-state index contributed by atoms with van der Waals surface area (Å²) in [4.78, 5) is 4.51. The van der Waals surface area contributed by atoms with Gasteiger partial charge in [0, 0.05) is 12.5 Å². The Kier molecular flexibility index (Phi) is 2.31. The lowest BCUT2D eigenvalue weighted by molar-refractivity contribution is 0.472. The fraction of sp³-hybridized carbons (Fsp3) is 0.462. The van der Waals surface area contributed by atoms with Crippen LogP contribution in [0, 0.1) is 0 Å². The topological polar surface area (TPSA) is 44.6 Å². The molecule has 1 aromatic carbocycles. The number of phenols is 1. The second-order valence-corrected chi connectivity index (χ2v) is 4.52. The van der Waals surface area contributed by atoms with Crippen molar-refractivity contribution < 1.29 is 5.11 Å². The van der Waals surface area contributed by atoms with Gasteiger partial charge in [0.15, 0.2) is 0 Å². The SMILES string of the molecule is Oc1ccc2c(c1)C(C1=NCCN1)CCC2. The number of amidine groups is 1. The van der Waals surface area contributed by atoms with E-state index in [1.54, 1.807) is 6.07 Å². The summed E-state index contributed by atoms with van der Waals surface area (Å²) in [5.74, 6) is 1.86. The zero-order valence-electron chi connectivity index (χ0n) is 9.24. The molecule has 2 aliphatic rings. The first-order valence-electron chi connectivity index (χ1n) is 5.94. The molecule has 3 heteroatoms. The molecule has 0 bridgehead atoms. The Balaban J connectivity index is 2.01. The molecule has 1 aliphatic carbocycles. The van der Waals surface area contributed by atoms with Crippen molar-refractivity contribution in [2.24, 2.45) is 4.99 Å². The van der Waals surface area contributed by atoms with E-state index >= 15 is 0 Å². The highest BCUT2D eigenvalue weighted by Crippen LogP contribution is 2.34. The molecule has 2 N–H and O–H groups in total. The average Bonchev–Trinajstić information content (AvgIpc) is 2.81. The van der Waals surface area contributed by atoms with Gasteiger partial charge in [-0.25, -0.2) is 0 Å². The van der Waals surface area contributed by atoms with Gasteiger partial charge in [0.2, 0.25) is 0 Å². The Hall–Kier alpha value is -1.51. The predicted molar refractivity (Wildman–Crippen MR) is 64.1 cm³/mol. The van der Waals surface area contributed by atoms with Gasteiger partial charge in [0.1, 0.15) is 11.6 Å². The van der Waals surface area contributed by atoms with Gasteiger partial charge in [0.05, 0.1) is 6.54 Å². The third-order valence-electron chi connectivity index (χ3n) is 3.47. The number of nitrogens with zero attached hydrogens (tertiary/aromatic N) is 1. The van der Waals surface area contributed by atoms with Crippen molar-refractivity contribution in [1.82, 2.24) is 5.32 Å². The first-order chi connectivity index (χ1) is 7.84. The van der Waals surface area contributed by atoms with Crippen LogP contribution in [0.4, 0.5) is 0 Å². The monoisotopic (exact) mass is 216 g/mol. The Labute approximate surface area is 95.2 Å².